The molecular formula is C12H15BrO2. The molecule has 0 N–H and O–H groups in total. The van der Waals surface area contributed by atoms with Crippen molar-refractivity contribution in [3.63, 3.8) is 0 Å². The van der Waals surface area contributed by atoms with Gasteiger partial charge < -0.3 is 4.74 Å². The first-order valence-corrected chi connectivity index (χ1v) is 6.00. The van der Waals surface area contributed by atoms with Crippen molar-refractivity contribution in [1.29, 1.82) is 0 Å². The maximum Gasteiger partial charge on any atom is 0.305 e. The molecule has 1 unspecified atom stereocenters. The Hall–Kier alpha value is -0.830. The molecule has 0 saturated carbocycles. The first-order chi connectivity index (χ1) is 7.24. The third-order valence-electron chi connectivity index (χ3n) is 2.07. The van der Waals surface area contributed by atoms with Gasteiger partial charge in [0, 0.05) is 11.2 Å². The summed E-state index contributed by atoms with van der Waals surface area (Å²) in [7, 11) is 0. The molecule has 0 radical (unpaired) electrons. The van der Waals surface area contributed by atoms with Crippen LogP contribution in [0.2, 0.25) is 0 Å². The van der Waals surface area contributed by atoms with E-state index in [1.165, 1.54) is 5.56 Å². The lowest BCUT2D eigenvalue weighted by atomic mass is 10.1. The molecule has 82 valence electrons. The summed E-state index contributed by atoms with van der Waals surface area (Å²) in [5, 5.41) is 0. The predicted octanol–water partition coefficient (Wildman–Crippen LogP) is 3.47. The molecule has 0 saturated heterocycles. The van der Waals surface area contributed by atoms with E-state index in [0.717, 1.165) is 6.42 Å². The van der Waals surface area contributed by atoms with Crippen molar-refractivity contribution in [2.75, 3.05) is 6.61 Å². The van der Waals surface area contributed by atoms with Crippen molar-refractivity contribution in [1.82, 2.24) is 0 Å². The number of alkyl halides is 1. The fraction of sp³-hybridized carbons (Fsp3) is 0.417. The van der Waals surface area contributed by atoms with Crippen LogP contribution in [0.15, 0.2) is 30.3 Å². The van der Waals surface area contributed by atoms with Crippen LogP contribution in [0, 0.1) is 0 Å². The van der Waals surface area contributed by atoms with Crippen molar-refractivity contribution >= 4 is 21.9 Å². The minimum absolute atomic E-state index is 0.127. The highest BCUT2D eigenvalue weighted by atomic mass is 79.9. The van der Waals surface area contributed by atoms with E-state index in [9.17, 15) is 4.79 Å². The smallest absolute Gasteiger partial charge is 0.305 e. The Bertz CT molecular complexity index is 298. The van der Waals surface area contributed by atoms with Crippen LogP contribution in [0.5, 0.6) is 0 Å². The Kier molecular flexibility index (Phi) is 5.40. The molecule has 3 heteroatoms. The van der Waals surface area contributed by atoms with Gasteiger partial charge in [0.25, 0.3) is 0 Å². The lowest BCUT2D eigenvalue weighted by molar-refractivity contribution is -0.143. The Balaban J connectivity index is 2.37. The highest BCUT2D eigenvalue weighted by Gasteiger charge is 2.10. The Labute approximate surface area is 98.8 Å². The van der Waals surface area contributed by atoms with Crippen LogP contribution >= 0.6 is 15.9 Å². The topological polar surface area (TPSA) is 26.3 Å². The van der Waals surface area contributed by atoms with Gasteiger partial charge in [-0.25, -0.2) is 0 Å². The average molecular weight is 271 g/mol. The molecule has 0 heterocycles. The van der Waals surface area contributed by atoms with Crippen LogP contribution in [0.4, 0.5) is 0 Å². The molecule has 0 aliphatic carbocycles. The van der Waals surface area contributed by atoms with Crippen molar-refractivity contribution < 1.29 is 9.53 Å². The monoisotopic (exact) mass is 270 g/mol. The molecule has 1 aromatic carbocycles. The fourth-order valence-electron chi connectivity index (χ4n) is 1.31. The summed E-state index contributed by atoms with van der Waals surface area (Å²) < 4.78 is 4.87. The van der Waals surface area contributed by atoms with Crippen molar-refractivity contribution in [2.45, 2.75) is 24.6 Å². The van der Waals surface area contributed by atoms with E-state index < -0.39 is 0 Å². The molecular weight excluding hydrogens is 256 g/mol. The van der Waals surface area contributed by atoms with Gasteiger partial charge in [0.1, 0.15) is 0 Å². The summed E-state index contributed by atoms with van der Waals surface area (Å²) in [6.07, 6.45) is 1.22. The summed E-state index contributed by atoms with van der Waals surface area (Å²) >= 11 is 3.56. The van der Waals surface area contributed by atoms with E-state index in [4.69, 9.17) is 4.74 Å². The molecule has 0 amide bonds. The molecule has 0 aromatic heterocycles. The van der Waals surface area contributed by atoms with E-state index in [-0.39, 0.29) is 10.8 Å². The number of carbonyl (C=O) groups excluding carboxylic acids is 1. The largest absolute Gasteiger partial charge is 0.466 e. The van der Waals surface area contributed by atoms with Crippen LogP contribution in [-0.2, 0) is 9.53 Å². The SMILES string of the molecule is CCOC(=O)CCC(Br)c1ccccc1. The van der Waals surface area contributed by atoms with E-state index in [0.29, 0.717) is 13.0 Å². The van der Waals surface area contributed by atoms with Gasteiger partial charge in [-0.15, -0.1) is 0 Å². The maximum atomic E-state index is 11.1. The van der Waals surface area contributed by atoms with Gasteiger partial charge in [0.05, 0.1) is 6.61 Å². The maximum absolute atomic E-state index is 11.1. The molecule has 0 aliphatic rings. The quantitative estimate of drug-likeness (QED) is 0.605. The third kappa shape index (κ3) is 4.47. The summed E-state index contributed by atoms with van der Waals surface area (Å²) in [6.45, 7) is 2.28. The Morgan fingerprint density at radius 2 is 2.07 bits per heavy atom. The van der Waals surface area contributed by atoms with Crippen LogP contribution in [0.1, 0.15) is 30.2 Å². The van der Waals surface area contributed by atoms with E-state index >= 15 is 0 Å². The summed E-state index contributed by atoms with van der Waals surface area (Å²) in [6, 6.07) is 10.1. The minimum Gasteiger partial charge on any atom is -0.466 e. The molecule has 0 spiro atoms. The minimum atomic E-state index is -0.127. The predicted molar refractivity (Wildman–Crippen MR) is 64.0 cm³/mol. The van der Waals surface area contributed by atoms with Crippen LogP contribution in [0.25, 0.3) is 0 Å². The van der Waals surface area contributed by atoms with Crippen molar-refractivity contribution in [3.8, 4) is 0 Å². The molecule has 0 fully saturated rings. The Morgan fingerprint density at radius 1 is 1.40 bits per heavy atom. The summed E-state index contributed by atoms with van der Waals surface area (Å²) in [5.74, 6) is -0.127. The zero-order chi connectivity index (χ0) is 11.1. The van der Waals surface area contributed by atoms with Crippen LogP contribution in [0.3, 0.4) is 0 Å². The van der Waals surface area contributed by atoms with Crippen molar-refractivity contribution in [3.05, 3.63) is 35.9 Å². The van der Waals surface area contributed by atoms with E-state index in [1.807, 2.05) is 37.3 Å². The van der Waals surface area contributed by atoms with Gasteiger partial charge in [0.15, 0.2) is 0 Å². The molecule has 1 rings (SSSR count). The molecule has 0 aliphatic heterocycles. The highest BCUT2D eigenvalue weighted by molar-refractivity contribution is 9.09. The van der Waals surface area contributed by atoms with Crippen molar-refractivity contribution in [2.24, 2.45) is 0 Å². The number of rotatable bonds is 5. The Morgan fingerprint density at radius 3 is 2.67 bits per heavy atom. The number of benzene rings is 1. The van der Waals surface area contributed by atoms with Gasteiger partial charge in [0.2, 0.25) is 0 Å². The fourth-order valence-corrected chi connectivity index (χ4v) is 1.84. The average Bonchev–Trinajstić information content (AvgIpc) is 2.27. The standard InChI is InChI=1S/C12H15BrO2/c1-2-15-12(14)9-8-11(13)10-6-4-3-5-7-10/h3-7,11H,2,8-9H2,1H3. The van der Waals surface area contributed by atoms with Gasteiger partial charge in [-0.1, -0.05) is 46.3 Å². The summed E-state index contributed by atoms with van der Waals surface area (Å²) in [5.41, 5.74) is 1.20. The number of carbonyl (C=O) groups is 1. The second kappa shape index (κ2) is 6.62. The second-order valence-corrected chi connectivity index (χ2v) is 4.33. The normalized spacial score (nSPS) is 12.1. The summed E-state index contributed by atoms with van der Waals surface area (Å²) in [4.78, 5) is 11.4. The molecule has 15 heavy (non-hydrogen) atoms. The van der Waals surface area contributed by atoms with E-state index in [2.05, 4.69) is 15.9 Å². The molecule has 1 atom stereocenters. The van der Waals surface area contributed by atoms with Gasteiger partial charge >= 0.3 is 5.97 Å². The van der Waals surface area contributed by atoms with Gasteiger partial charge in [-0.2, -0.15) is 0 Å². The van der Waals surface area contributed by atoms with Gasteiger partial charge in [-0.05, 0) is 18.9 Å². The second-order valence-electron chi connectivity index (χ2n) is 3.22. The lowest BCUT2D eigenvalue weighted by Crippen LogP contribution is -2.04. The number of esters is 1. The number of hydrogen-bond acceptors (Lipinski definition) is 2. The number of hydrogen-bond donors (Lipinski definition) is 0. The van der Waals surface area contributed by atoms with E-state index in [1.54, 1.807) is 0 Å². The zero-order valence-corrected chi connectivity index (χ0v) is 10.4. The molecule has 2 nitrogen and oxygen atoms in total. The van der Waals surface area contributed by atoms with Gasteiger partial charge in [-0.3, -0.25) is 4.79 Å². The zero-order valence-electron chi connectivity index (χ0n) is 8.78. The highest BCUT2D eigenvalue weighted by Crippen LogP contribution is 2.27. The molecule has 1 aromatic rings. The first kappa shape index (κ1) is 12.2. The van der Waals surface area contributed by atoms with Crippen LogP contribution < -0.4 is 0 Å². The molecule has 0 bridgehead atoms. The van der Waals surface area contributed by atoms with Crippen LogP contribution in [-0.4, -0.2) is 12.6 Å². The number of halogens is 1. The number of ether oxygens (including phenoxy) is 1. The first-order valence-electron chi connectivity index (χ1n) is 5.08. The lowest BCUT2D eigenvalue weighted by Gasteiger charge is -2.09. The third-order valence-corrected chi connectivity index (χ3v) is 3.05.